The van der Waals surface area contributed by atoms with Crippen molar-refractivity contribution in [2.45, 2.75) is 39.2 Å². The van der Waals surface area contributed by atoms with E-state index in [4.69, 9.17) is 24.7 Å². The number of aryl methyl sites for hydroxylation is 2. The number of anilines is 1. The number of ether oxygens (including phenoxy) is 1. The fourth-order valence-electron chi connectivity index (χ4n) is 5.96. The monoisotopic (exact) mass is 549 g/mol. The van der Waals surface area contributed by atoms with Gasteiger partial charge in [0.15, 0.2) is 17.0 Å². The molecule has 0 radical (unpaired) electrons. The molecule has 0 N–H and O–H groups in total. The lowest BCUT2D eigenvalue weighted by atomic mass is 10.0. The Kier molecular flexibility index (Phi) is 7.26. The quantitative estimate of drug-likeness (QED) is 0.323. The molecule has 2 saturated heterocycles. The van der Waals surface area contributed by atoms with Gasteiger partial charge in [0.2, 0.25) is 5.95 Å². The molecule has 0 aliphatic carbocycles. The van der Waals surface area contributed by atoms with E-state index in [-0.39, 0.29) is 5.54 Å². The summed E-state index contributed by atoms with van der Waals surface area (Å²) in [7, 11) is 2.09. The van der Waals surface area contributed by atoms with Crippen molar-refractivity contribution >= 4 is 40.0 Å². The number of benzene rings is 1. The fourth-order valence-corrected chi connectivity index (χ4v) is 6.78. The van der Waals surface area contributed by atoms with Gasteiger partial charge in [0, 0.05) is 64.7 Å². The van der Waals surface area contributed by atoms with Crippen LogP contribution in [0.1, 0.15) is 32.4 Å². The average molecular weight is 550 g/mol. The summed E-state index contributed by atoms with van der Waals surface area (Å²) in [6, 6.07) is 8.22. The summed E-state index contributed by atoms with van der Waals surface area (Å²) in [6.45, 7) is 13.9. The van der Waals surface area contributed by atoms with Crippen LogP contribution in [0, 0.1) is 0 Å². The Balaban J connectivity index is 1.39. The van der Waals surface area contributed by atoms with Gasteiger partial charge in [0.05, 0.1) is 24.2 Å². The van der Waals surface area contributed by atoms with Gasteiger partial charge in [0.1, 0.15) is 11.6 Å². The molecule has 0 bridgehead atoms. The van der Waals surface area contributed by atoms with Gasteiger partial charge in [-0.1, -0.05) is 31.0 Å². The van der Waals surface area contributed by atoms with Crippen molar-refractivity contribution < 1.29 is 4.74 Å². The Morgan fingerprint density at radius 2 is 1.77 bits per heavy atom. The van der Waals surface area contributed by atoms with Crippen LogP contribution in [0.3, 0.4) is 0 Å². The molecule has 10 nitrogen and oxygen atoms in total. The number of para-hydroxylation sites is 2. The predicted octanol–water partition coefficient (Wildman–Crippen LogP) is 3.32. The van der Waals surface area contributed by atoms with Gasteiger partial charge in [-0.3, -0.25) is 9.47 Å². The van der Waals surface area contributed by atoms with Gasteiger partial charge >= 0.3 is 0 Å². The summed E-state index contributed by atoms with van der Waals surface area (Å²) in [4.78, 5) is 25.2. The second-order valence-corrected chi connectivity index (χ2v) is 11.8. The Morgan fingerprint density at radius 3 is 2.51 bits per heavy atom. The van der Waals surface area contributed by atoms with Crippen molar-refractivity contribution in [3.8, 4) is 5.95 Å². The second-order valence-electron chi connectivity index (χ2n) is 11.0. The van der Waals surface area contributed by atoms with Gasteiger partial charge in [-0.05, 0) is 32.2 Å². The highest BCUT2D eigenvalue weighted by atomic mass is 32.2. The first-order chi connectivity index (χ1) is 18.9. The average Bonchev–Trinajstić information content (AvgIpc) is 3.48. The standard InChI is InChI=1S/C28H39N9OS/c1-6-22-29-20-9-7-8-10-21(20)37(22)27-31-25-24(26(32-27)35-15-17-38-18-16-35)30-23(33(25)4)11-12-34-13-14-36(39-5)28(2,3)19-34/h7-10H,6,11-19H2,1-5H3. The lowest BCUT2D eigenvalue weighted by Gasteiger charge is -2.45. The lowest BCUT2D eigenvalue weighted by Crippen LogP contribution is -2.56. The zero-order valence-electron chi connectivity index (χ0n) is 23.7. The third-order valence-electron chi connectivity index (χ3n) is 8.02. The van der Waals surface area contributed by atoms with E-state index in [2.05, 4.69) is 69.4 Å². The second kappa shape index (κ2) is 10.7. The Morgan fingerprint density at radius 1 is 0.974 bits per heavy atom. The molecule has 4 aromatic rings. The molecule has 208 valence electrons. The molecule has 6 rings (SSSR count). The van der Waals surface area contributed by atoms with Crippen LogP contribution in [0.5, 0.6) is 0 Å². The number of morpholine rings is 1. The van der Waals surface area contributed by atoms with E-state index in [0.717, 1.165) is 91.8 Å². The van der Waals surface area contributed by atoms with Crippen LogP contribution in [0.2, 0.25) is 0 Å². The lowest BCUT2D eigenvalue weighted by molar-refractivity contribution is 0.0904. The highest BCUT2D eigenvalue weighted by Crippen LogP contribution is 2.30. The Labute approximate surface area is 234 Å². The SMILES string of the molecule is CCc1nc2ccccc2n1-c1nc(N2CCOCC2)c2nc(CCN3CCN(SC)C(C)(C)C3)n(C)c2n1. The molecule has 2 aliphatic heterocycles. The first-order valence-electron chi connectivity index (χ1n) is 14.0. The van der Waals surface area contributed by atoms with E-state index in [1.54, 1.807) is 0 Å². The van der Waals surface area contributed by atoms with Gasteiger partial charge in [-0.25, -0.2) is 14.3 Å². The first kappa shape index (κ1) is 26.5. The Bertz CT molecular complexity index is 1470. The summed E-state index contributed by atoms with van der Waals surface area (Å²) >= 11 is 1.85. The van der Waals surface area contributed by atoms with E-state index < -0.39 is 0 Å². The minimum absolute atomic E-state index is 0.151. The number of nitrogens with zero attached hydrogens (tertiary/aromatic N) is 9. The van der Waals surface area contributed by atoms with E-state index in [1.165, 1.54) is 0 Å². The first-order valence-corrected chi connectivity index (χ1v) is 15.1. The summed E-state index contributed by atoms with van der Waals surface area (Å²) in [5.74, 6) is 3.54. The number of fused-ring (bicyclic) bond motifs is 2. The van der Waals surface area contributed by atoms with Crippen molar-refractivity contribution in [1.82, 2.24) is 38.3 Å². The van der Waals surface area contributed by atoms with Crippen molar-refractivity contribution in [1.29, 1.82) is 0 Å². The Hall–Kier alpha value is -2.73. The number of aromatic nitrogens is 6. The van der Waals surface area contributed by atoms with Crippen LogP contribution in [0.15, 0.2) is 24.3 Å². The molecule has 5 heterocycles. The molecular formula is C28H39N9OS. The minimum Gasteiger partial charge on any atom is -0.378 e. The molecule has 0 atom stereocenters. The number of imidazole rings is 2. The molecule has 0 amide bonds. The molecule has 2 fully saturated rings. The van der Waals surface area contributed by atoms with Crippen LogP contribution in [-0.4, -0.2) is 103 Å². The van der Waals surface area contributed by atoms with E-state index in [0.29, 0.717) is 19.2 Å². The zero-order valence-corrected chi connectivity index (χ0v) is 24.5. The topological polar surface area (TPSA) is 80.4 Å². The predicted molar refractivity (Wildman–Crippen MR) is 158 cm³/mol. The summed E-state index contributed by atoms with van der Waals surface area (Å²) < 4.78 is 12.4. The molecule has 0 spiro atoms. The minimum atomic E-state index is 0.151. The highest BCUT2D eigenvalue weighted by Gasteiger charge is 2.33. The van der Waals surface area contributed by atoms with Crippen LogP contribution in [-0.2, 0) is 24.6 Å². The van der Waals surface area contributed by atoms with Crippen molar-refractivity contribution in [3.63, 3.8) is 0 Å². The highest BCUT2D eigenvalue weighted by molar-refractivity contribution is 7.96. The molecule has 1 aromatic carbocycles. The van der Waals surface area contributed by atoms with Crippen LogP contribution in [0.4, 0.5) is 5.82 Å². The van der Waals surface area contributed by atoms with E-state index in [1.807, 2.05) is 24.1 Å². The number of hydrogen-bond donors (Lipinski definition) is 0. The number of piperazine rings is 1. The molecule has 2 aliphatic rings. The molecular weight excluding hydrogens is 510 g/mol. The number of hydrogen-bond acceptors (Lipinski definition) is 9. The van der Waals surface area contributed by atoms with Crippen LogP contribution >= 0.6 is 11.9 Å². The van der Waals surface area contributed by atoms with Crippen LogP contribution < -0.4 is 4.90 Å². The van der Waals surface area contributed by atoms with E-state index >= 15 is 0 Å². The largest absolute Gasteiger partial charge is 0.378 e. The molecule has 0 unspecified atom stereocenters. The fraction of sp³-hybridized carbons (Fsp3) is 0.571. The zero-order chi connectivity index (χ0) is 27.1. The van der Waals surface area contributed by atoms with Gasteiger partial charge in [-0.15, -0.1) is 0 Å². The van der Waals surface area contributed by atoms with Gasteiger partial charge in [-0.2, -0.15) is 9.97 Å². The maximum absolute atomic E-state index is 5.66. The third kappa shape index (κ3) is 4.90. The van der Waals surface area contributed by atoms with Crippen molar-refractivity contribution in [2.75, 3.05) is 63.6 Å². The van der Waals surface area contributed by atoms with Gasteiger partial charge < -0.3 is 14.2 Å². The van der Waals surface area contributed by atoms with Gasteiger partial charge in [0.25, 0.3) is 0 Å². The maximum atomic E-state index is 5.66. The van der Waals surface area contributed by atoms with Crippen molar-refractivity contribution in [2.24, 2.45) is 7.05 Å². The van der Waals surface area contributed by atoms with Crippen molar-refractivity contribution in [3.05, 3.63) is 35.9 Å². The smallest absolute Gasteiger partial charge is 0.239 e. The number of rotatable bonds is 7. The molecule has 3 aromatic heterocycles. The molecule has 39 heavy (non-hydrogen) atoms. The third-order valence-corrected chi connectivity index (χ3v) is 9.13. The maximum Gasteiger partial charge on any atom is 0.239 e. The summed E-state index contributed by atoms with van der Waals surface area (Å²) in [5, 5.41) is 0. The normalized spacial score (nSPS) is 18.9. The molecule has 0 saturated carbocycles. The van der Waals surface area contributed by atoms with E-state index in [9.17, 15) is 0 Å². The summed E-state index contributed by atoms with van der Waals surface area (Å²) in [6.07, 6.45) is 3.84. The van der Waals surface area contributed by atoms with Crippen LogP contribution in [0.25, 0.3) is 28.1 Å². The molecule has 11 heteroatoms. The summed E-state index contributed by atoms with van der Waals surface area (Å²) in [5.41, 5.74) is 3.87.